The molecule has 2 aromatic rings. The Morgan fingerprint density at radius 3 is 2.45 bits per heavy atom. The molecular formula is C14H11Cl2N3O3. The molecule has 1 heterocycles. The number of esters is 1. The minimum Gasteiger partial charge on any atom is -0.448 e. The van der Waals surface area contributed by atoms with Gasteiger partial charge in [0.15, 0.2) is 11.8 Å². The number of nitrogens with zero attached hydrogens (tertiary/aromatic N) is 2. The lowest BCUT2D eigenvalue weighted by Gasteiger charge is -2.13. The van der Waals surface area contributed by atoms with E-state index < -0.39 is 18.0 Å². The van der Waals surface area contributed by atoms with Crippen LogP contribution < -0.4 is 5.32 Å². The summed E-state index contributed by atoms with van der Waals surface area (Å²) < 4.78 is 5.01. The first kappa shape index (κ1) is 16.2. The molecular weight excluding hydrogens is 329 g/mol. The number of amides is 1. The predicted molar refractivity (Wildman–Crippen MR) is 82.0 cm³/mol. The highest BCUT2D eigenvalue weighted by Gasteiger charge is 2.20. The molecule has 0 radical (unpaired) electrons. The maximum atomic E-state index is 12.0. The largest absolute Gasteiger partial charge is 0.448 e. The van der Waals surface area contributed by atoms with Crippen LogP contribution >= 0.6 is 23.2 Å². The van der Waals surface area contributed by atoms with E-state index in [1.807, 2.05) is 0 Å². The number of halogens is 2. The maximum absolute atomic E-state index is 12.0. The minimum absolute atomic E-state index is 0.0213. The maximum Gasteiger partial charge on any atom is 0.359 e. The van der Waals surface area contributed by atoms with Crippen molar-refractivity contribution in [2.45, 2.75) is 13.0 Å². The number of benzene rings is 1. The number of rotatable bonds is 4. The van der Waals surface area contributed by atoms with Gasteiger partial charge in [0, 0.05) is 28.1 Å². The van der Waals surface area contributed by atoms with Crippen LogP contribution in [-0.2, 0) is 9.53 Å². The zero-order valence-corrected chi connectivity index (χ0v) is 12.9. The van der Waals surface area contributed by atoms with E-state index >= 15 is 0 Å². The summed E-state index contributed by atoms with van der Waals surface area (Å²) in [5.41, 5.74) is 0.429. The van der Waals surface area contributed by atoms with Gasteiger partial charge in [0.1, 0.15) is 0 Å². The molecule has 1 aromatic carbocycles. The molecule has 6 nitrogen and oxygen atoms in total. The van der Waals surface area contributed by atoms with E-state index in [2.05, 4.69) is 15.3 Å². The molecule has 0 unspecified atom stereocenters. The smallest absolute Gasteiger partial charge is 0.359 e. The number of hydrogen-bond acceptors (Lipinski definition) is 5. The third-order valence-corrected chi connectivity index (χ3v) is 2.99. The zero-order chi connectivity index (χ0) is 16.1. The van der Waals surface area contributed by atoms with Crippen molar-refractivity contribution in [3.8, 4) is 0 Å². The van der Waals surface area contributed by atoms with E-state index in [4.69, 9.17) is 27.9 Å². The van der Waals surface area contributed by atoms with Gasteiger partial charge in [0.2, 0.25) is 0 Å². The van der Waals surface area contributed by atoms with Crippen LogP contribution in [0, 0.1) is 0 Å². The van der Waals surface area contributed by atoms with Crippen molar-refractivity contribution in [2.24, 2.45) is 0 Å². The lowest BCUT2D eigenvalue weighted by molar-refractivity contribution is -0.123. The van der Waals surface area contributed by atoms with Crippen molar-refractivity contribution in [3.63, 3.8) is 0 Å². The third kappa shape index (κ3) is 4.41. The normalized spacial score (nSPS) is 11.6. The lowest BCUT2D eigenvalue weighted by Crippen LogP contribution is -2.30. The van der Waals surface area contributed by atoms with E-state index in [1.165, 1.54) is 43.7 Å². The second-order valence-corrected chi connectivity index (χ2v) is 5.16. The average Bonchev–Trinajstić information content (AvgIpc) is 2.46. The van der Waals surface area contributed by atoms with Crippen LogP contribution in [0.25, 0.3) is 0 Å². The van der Waals surface area contributed by atoms with Crippen molar-refractivity contribution < 1.29 is 14.3 Å². The van der Waals surface area contributed by atoms with Crippen LogP contribution in [0.2, 0.25) is 10.0 Å². The molecule has 8 heteroatoms. The Balaban J connectivity index is 1.99. The number of ether oxygens (including phenoxy) is 1. The van der Waals surface area contributed by atoms with Crippen LogP contribution in [0.4, 0.5) is 5.69 Å². The molecule has 0 aliphatic rings. The minimum atomic E-state index is -1.02. The Bertz CT molecular complexity index is 675. The number of carbonyl (C=O) groups is 2. The van der Waals surface area contributed by atoms with Crippen molar-refractivity contribution >= 4 is 40.8 Å². The fourth-order valence-corrected chi connectivity index (χ4v) is 2.07. The van der Waals surface area contributed by atoms with Gasteiger partial charge in [-0.3, -0.25) is 9.78 Å². The van der Waals surface area contributed by atoms with Gasteiger partial charge in [-0.1, -0.05) is 23.2 Å². The van der Waals surface area contributed by atoms with Gasteiger partial charge in [0.25, 0.3) is 5.91 Å². The Kier molecular flexibility index (Phi) is 5.30. The molecule has 1 aromatic heterocycles. The van der Waals surface area contributed by atoms with E-state index in [9.17, 15) is 9.59 Å². The molecule has 1 amide bonds. The molecule has 0 saturated heterocycles. The summed E-state index contributed by atoms with van der Waals surface area (Å²) in [6, 6.07) is 4.60. The molecule has 2 rings (SSSR count). The van der Waals surface area contributed by atoms with E-state index in [0.717, 1.165) is 0 Å². The van der Waals surface area contributed by atoms with Gasteiger partial charge in [-0.2, -0.15) is 0 Å². The van der Waals surface area contributed by atoms with E-state index in [1.54, 1.807) is 0 Å². The first-order valence-corrected chi connectivity index (χ1v) is 6.95. The molecule has 0 spiro atoms. The topological polar surface area (TPSA) is 81.2 Å². The average molecular weight is 340 g/mol. The summed E-state index contributed by atoms with van der Waals surface area (Å²) in [7, 11) is 0. The van der Waals surface area contributed by atoms with Crippen LogP contribution in [0.15, 0.2) is 36.8 Å². The summed E-state index contributed by atoms with van der Waals surface area (Å²) in [5.74, 6) is -1.25. The monoisotopic (exact) mass is 339 g/mol. The Morgan fingerprint density at radius 1 is 1.18 bits per heavy atom. The van der Waals surface area contributed by atoms with Gasteiger partial charge in [-0.15, -0.1) is 0 Å². The van der Waals surface area contributed by atoms with Gasteiger partial charge < -0.3 is 10.1 Å². The molecule has 1 atom stereocenters. The molecule has 1 N–H and O–H groups in total. The van der Waals surface area contributed by atoms with Crippen LogP contribution in [0.3, 0.4) is 0 Å². The summed E-state index contributed by atoms with van der Waals surface area (Å²) in [4.78, 5) is 31.3. The number of aromatic nitrogens is 2. The van der Waals surface area contributed by atoms with Gasteiger partial charge in [-0.05, 0) is 25.1 Å². The summed E-state index contributed by atoms with van der Waals surface area (Å²) >= 11 is 11.7. The fourth-order valence-electron chi connectivity index (χ4n) is 1.55. The molecule has 0 aliphatic heterocycles. The zero-order valence-electron chi connectivity index (χ0n) is 11.4. The molecule has 0 fully saturated rings. The first-order valence-electron chi connectivity index (χ1n) is 6.19. The summed E-state index contributed by atoms with van der Waals surface area (Å²) in [6.45, 7) is 1.44. The van der Waals surface area contributed by atoms with Crippen molar-refractivity contribution in [1.82, 2.24) is 9.97 Å². The molecule has 22 heavy (non-hydrogen) atoms. The van der Waals surface area contributed by atoms with Crippen molar-refractivity contribution in [1.29, 1.82) is 0 Å². The number of anilines is 1. The summed E-state index contributed by atoms with van der Waals surface area (Å²) in [5, 5.41) is 3.32. The fraction of sp³-hybridized carbons (Fsp3) is 0.143. The Hall–Kier alpha value is -2.18. The lowest BCUT2D eigenvalue weighted by atomic mass is 10.3. The molecule has 0 aliphatic carbocycles. The molecule has 114 valence electrons. The molecule has 0 saturated carbocycles. The second-order valence-electron chi connectivity index (χ2n) is 4.29. The van der Waals surface area contributed by atoms with Crippen LogP contribution in [0.1, 0.15) is 17.4 Å². The van der Waals surface area contributed by atoms with Crippen LogP contribution in [0.5, 0.6) is 0 Å². The second kappa shape index (κ2) is 7.20. The van der Waals surface area contributed by atoms with E-state index in [0.29, 0.717) is 15.7 Å². The Morgan fingerprint density at radius 2 is 1.86 bits per heavy atom. The van der Waals surface area contributed by atoms with Gasteiger partial charge in [0.05, 0.1) is 6.20 Å². The van der Waals surface area contributed by atoms with Crippen molar-refractivity contribution in [2.75, 3.05) is 5.32 Å². The van der Waals surface area contributed by atoms with Gasteiger partial charge >= 0.3 is 5.97 Å². The van der Waals surface area contributed by atoms with Crippen molar-refractivity contribution in [3.05, 3.63) is 52.5 Å². The number of nitrogens with one attached hydrogen (secondary N) is 1. The highest BCUT2D eigenvalue weighted by atomic mass is 35.5. The summed E-state index contributed by atoms with van der Waals surface area (Å²) in [6.07, 6.45) is 3.02. The Labute approximate surface area is 136 Å². The highest BCUT2D eigenvalue weighted by molar-refractivity contribution is 6.35. The van der Waals surface area contributed by atoms with Crippen LogP contribution in [-0.4, -0.2) is 27.9 Å². The highest BCUT2D eigenvalue weighted by Crippen LogP contribution is 2.22. The first-order chi connectivity index (χ1) is 10.5. The standard InChI is InChI=1S/C14H11Cl2N3O3/c1-8(22-14(21)12-7-17-2-3-18-12)13(20)19-11-5-9(15)4-10(16)6-11/h2-8H,1H3,(H,19,20)/t8-/m0/s1. The molecule has 0 bridgehead atoms. The number of carbonyl (C=O) groups excluding carboxylic acids is 2. The SMILES string of the molecule is C[C@H](OC(=O)c1cnccn1)C(=O)Nc1cc(Cl)cc(Cl)c1. The van der Waals surface area contributed by atoms with Gasteiger partial charge in [-0.25, -0.2) is 9.78 Å². The number of hydrogen-bond donors (Lipinski definition) is 1. The third-order valence-electron chi connectivity index (χ3n) is 2.56. The van der Waals surface area contributed by atoms with E-state index in [-0.39, 0.29) is 5.69 Å². The quantitative estimate of drug-likeness (QED) is 0.866. The predicted octanol–water partition coefficient (Wildman–Crippen LogP) is 2.97.